The van der Waals surface area contributed by atoms with Crippen LogP contribution in [0.25, 0.3) is 10.8 Å². The van der Waals surface area contributed by atoms with E-state index in [4.69, 9.17) is 4.74 Å². The topological polar surface area (TPSA) is 29.5 Å². The van der Waals surface area contributed by atoms with Crippen LogP contribution in [-0.4, -0.2) is 42.4 Å². The lowest BCUT2D eigenvalue weighted by molar-refractivity contribution is -0.946. The number of quaternary nitrogens is 1. The van der Waals surface area contributed by atoms with E-state index in [2.05, 4.69) is 91.0 Å². The Morgan fingerprint density at radius 1 is 0.703 bits per heavy atom. The van der Waals surface area contributed by atoms with Gasteiger partial charge in [-0.2, -0.15) is 0 Å². The van der Waals surface area contributed by atoms with E-state index in [1.807, 2.05) is 12.1 Å². The maximum Gasteiger partial charge on any atom is 0.121 e. The Hall–Kier alpha value is -2.66. The zero-order valence-electron chi connectivity index (χ0n) is 21.4. The number of hydrogen-bond acceptors (Lipinski definition) is 2. The quantitative estimate of drug-likeness (QED) is 0.265. The molecule has 3 saturated heterocycles. The molecular formula is C33H36BrNO2. The molecule has 0 atom stereocenters. The summed E-state index contributed by atoms with van der Waals surface area (Å²) in [5.74, 6) is 0.959. The van der Waals surface area contributed by atoms with Crippen LogP contribution in [0.3, 0.4) is 0 Å². The van der Waals surface area contributed by atoms with Crippen LogP contribution < -0.4 is 21.7 Å². The third kappa shape index (κ3) is 4.71. The lowest BCUT2D eigenvalue weighted by Crippen LogP contribution is -3.00. The number of hydrogen-bond donors (Lipinski definition) is 1. The van der Waals surface area contributed by atoms with E-state index in [0.717, 1.165) is 75.3 Å². The summed E-state index contributed by atoms with van der Waals surface area (Å²) in [6.07, 6.45) is 4.22. The maximum absolute atomic E-state index is 12.5. The van der Waals surface area contributed by atoms with Gasteiger partial charge in [0.2, 0.25) is 0 Å². The van der Waals surface area contributed by atoms with Crippen molar-refractivity contribution in [2.24, 2.45) is 5.41 Å². The molecule has 0 aromatic heterocycles. The Labute approximate surface area is 231 Å². The maximum atomic E-state index is 12.5. The van der Waals surface area contributed by atoms with Crippen molar-refractivity contribution in [3.8, 4) is 5.75 Å². The molecule has 4 aromatic carbocycles. The van der Waals surface area contributed by atoms with E-state index in [9.17, 15) is 5.11 Å². The van der Waals surface area contributed by atoms with Crippen molar-refractivity contribution in [1.29, 1.82) is 0 Å². The highest BCUT2D eigenvalue weighted by Gasteiger charge is 2.60. The monoisotopic (exact) mass is 557 g/mol. The third-order valence-electron chi connectivity index (χ3n) is 9.11. The average molecular weight is 559 g/mol. The van der Waals surface area contributed by atoms with Crippen LogP contribution >= 0.6 is 0 Å². The van der Waals surface area contributed by atoms with Crippen LogP contribution in [-0.2, 0) is 5.60 Å². The molecule has 4 heteroatoms. The highest BCUT2D eigenvalue weighted by atomic mass is 79.9. The lowest BCUT2D eigenvalue weighted by Gasteiger charge is -2.60. The average Bonchev–Trinajstić information content (AvgIpc) is 2.97. The van der Waals surface area contributed by atoms with Crippen molar-refractivity contribution < 1.29 is 31.3 Å². The van der Waals surface area contributed by atoms with Gasteiger partial charge in [0.25, 0.3) is 0 Å². The predicted molar refractivity (Wildman–Crippen MR) is 146 cm³/mol. The molecule has 192 valence electrons. The molecule has 3 heterocycles. The normalized spacial score (nSPS) is 22.9. The number of fused-ring (bicyclic) bond motifs is 4. The van der Waals surface area contributed by atoms with E-state index in [0.29, 0.717) is 0 Å². The number of nitrogens with zero attached hydrogens (tertiary/aromatic N) is 1. The van der Waals surface area contributed by atoms with Gasteiger partial charge in [-0.1, -0.05) is 91.0 Å². The number of ether oxygens (including phenoxy) is 1. The second-order valence-corrected chi connectivity index (χ2v) is 10.9. The lowest BCUT2D eigenvalue weighted by atomic mass is 9.56. The van der Waals surface area contributed by atoms with Crippen LogP contribution in [0, 0.1) is 5.41 Å². The smallest absolute Gasteiger partial charge is 0.121 e. The molecule has 7 rings (SSSR count). The predicted octanol–water partition coefficient (Wildman–Crippen LogP) is 3.55. The molecule has 1 N–H and O–H groups in total. The van der Waals surface area contributed by atoms with Crippen LogP contribution in [0.15, 0.2) is 103 Å². The molecule has 0 aliphatic carbocycles. The summed E-state index contributed by atoms with van der Waals surface area (Å²) < 4.78 is 7.32. The van der Waals surface area contributed by atoms with Gasteiger partial charge in [0.15, 0.2) is 0 Å². The van der Waals surface area contributed by atoms with E-state index in [1.54, 1.807) is 0 Å². The summed E-state index contributed by atoms with van der Waals surface area (Å²) in [7, 11) is 0. The van der Waals surface area contributed by atoms with Gasteiger partial charge in [0.05, 0.1) is 32.8 Å². The van der Waals surface area contributed by atoms with Gasteiger partial charge in [-0.15, -0.1) is 0 Å². The minimum atomic E-state index is -0.953. The Morgan fingerprint density at radius 2 is 1.24 bits per heavy atom. The first-order chi connectivity index (χ1) is 17.6. The summed E-state index contributed by atoms with van der Waals surface area (Å²) in [6, 6.07) is 35.5. The standard InChI is InChI=1S/C33H36NO2.BrH/c35-33(29-12-3-1-4-13-29,30-14-5-2-6-15-30)32-18-22-34(23-19-32,24-20-32)21-9-25-36-31-17-16-27-10-7-8-11-28(27)26-31;/h1-8,10-17,26,35H,9,18-25H2;1H/q+1;/p-1. The third-order valence-corrected chi connectivity index (χ3v) is 9.11. The van der Waals surface area contributed by atoms with Crippen molar-refractivity contribution in [3.63, 3.8) is 0 Å². The second kappa shape index (κ2) is 10.6. The number of aliphatic hydroxyl groups is 1. The SMILES string of the molecule is OC(c1ccccc1)(c1ccccc1)C12CC[N+](CCCOc3ccc4ccccc4c3)(CC1)CC2.[Br-]. The Kier molecular flexibility index (Phi) is 7.44. The second-order valence-electron chi connectivity index (χ2n) is 10.9. The Balaban J connectivity index is 0.00000280. The van der Waals surface area contributed by atoms with Crippen LogP contribution in [0.5, 0.6) is 5.75 Å². The van der Waals surface area contributed by atoms with Gasteiger partial charge in [-0.3, -0.25) is 0 Å². The summed E-state index contributed by atoms with van der Waals surface area (Å²) in [6.45, 7) is 5.31. The van der Waals surface area contributed by atoms with Gasteiger partial charge in [0, 0.05) is 31.1 Å². The Bertz CT molecular complexity index is 1260. The fraction of sp³-hybridized carbons (Fsp3) is 0.333. The highest BCUT2D eigenvalue weighted by molar-refractivity contribution is 5.83. The van der Waals surface area contributed by atoms with Crippen molar-refractivity contribution in [2.75, 3.05) is 32.8 Å². The molecule has 0 amide bonds. The van der Waals surface area contributed by atoms with Crippen LogP contribution in [0.1, 0.15) is 36.8 Å². The summed E-state index contributed by atoms with van der Waals surface area (Å²) in [5, 5.41) is 15.0. The van der Waals surface area contributed by atoms with Crippen molar-refractivity contribution in [3.05, 3.63) is 114 Å². The largest absolute Gasteiger partial charge is 1.00 e. The summed E-state index contributed by atoms with van der Waals surface area (Å²) >= 11 is 0. The molecule has 3 aliphatic rings. The molecule has 2 bridgehead atoms. The van der Waals surface area contributed by atoms with Gasteiger partial charge in [-0.05, 0) is 34.0 Å². The molecule has 3 fully saturated rings. The summed E-state index contributed by atoms with van der Waals surface area (Å²) in [5.41, 5.74) is 0.992. The number of halogens is 1. The fourth-order valence-corrected chi connectivity index (χ4v) is 6.93. The number of piperidine rings is 3. The minimum absolute atomic E-state index is 0. The molecule has 0 radical (unpaired) electrons. The first-order valence-corrected chi connectivity index (χ1v) is 13.4. The van der Waals surface area contributed by atoms with E-state index in [1.165, 1.54) is 15.3 Å². The fourth-order valence-electron chi connectivity index (χ4n) is 6.93. The molecule has 0 unspecified atom stereocenters. The van der Waals surface area contributed by atoms with E-state index < -0.39 is 5.60 Å². The van der Waals surface area contributed by atoms with Crippen molar-refractivity contribution in [1.82, 2.24) is 0 Å². The van der Waals surface area contributed by atoms with Gasteiger partial charge in [-0.25, -0.2) is 0 Å². The van der Waals surface area contributed by atoms with Crippen LogP contribution in [0.2, 0.25) is 0 Å². The molecule has 37 heavy (non-hydrogen) atoms. The molecule has 4 aromatic rings. The Morgan fingerprint density at radius 3 is 1.84 bits per heavy atom. The molecule has 3 aliphatic heterocycles. The number of benzene rings is 4. The first-order valence-electron chi connectivity index (χ1n) is 13.4. The van der Waals surface area contributed by atoms with Gasteiger partial charge >= 0.3 is 0 Å². The molecule has 0 saturated carbocycles. The molecular weight excluding hydrogens is 522 g/mol. The molecule has 0 spiro atoms. The van der Waals surface area contributed by atoms with Crippen molar-refractivity contribution in [2.45, 2.75) is 31.3 Å². The highest BCUT2D eigenvalue weighted by Crippen LogP contribution is 2.57. The van der Waals surface area contributed by atoms with E-state index in [-0.39, 0.29) is 22.4 Å². The zero-order valence-corrected chi connectivity index (χ0v) is 22.9. The van der Waals surface area contributed by atoms with Crippen LogP contribution in [0.4, 0.5) is 0 Å². The number of rotatable bonds is 8. The molecule has 3 nitrogen and oxygen atoms in total. The zero-order chi connectivity index (χ0) is 24.5. The van der Waals surface area contributed by atoms with Gasteiger partial charge in [0.1, 0.15) is 11.4 Å². The minimum Gasteiger partial charge on any atom is -1.00 e. The first kappa shape index (κ1) is 26.0. The van der Waals surface area contributed by atoms with Gasteiger partial charge < -0.3 is 31.3 Å². The van der Waals surface area contributed by atoms with E-state index >= 15 is 0 Å². The summed E-state index contributed by atoms with van der Waals surface area (Å²) in [4.78, 5) is 0. The van der Waals surface area contributed by atoms with Crippen molar-refractivity contribution >= 4 is 10.8 Å².